The van der Waals surface area contributed by atoms with Crippen LogP contribution >= 0.6 is 11.3 Å². The van der Waals surface area contributed by atoms with E-state index in [4.69, 9.17) is 10.5 Å². The third kappa shape index (κ3) is 4.70. The van der Waals surface area contributed by atoms with Crippen LogP contribution in [0.4, 0.5) is 0 Å². The molecular weight excluding hydrogens is 408 g/mol. The van der Waals surface area contributed by atoms with E-state index in [2.05, 4.69) is 47.2 Å². The van der Waals surface area contributed by atoms with Crippen molar-refractivity contribution in [3.63, 3.8) is 0 Å². The first-order valence-electron chi connectivity index (χ1n) is 10.5. The van der Waals surface area contributed by atoms with Crippen LogP contribution < -0.4 is 5.32 Å². The molecule has 31 heavy (non-hydrogen) atoms. The van der Waals surface area contributed by atoms with E-state index in [0.717, 1.165) is 35.2 Å². The maximum atomic E-state index is 13.0. The maximum Gasteiger partial charge on any atom is 0.261 e. The second-order valence-corrected chi connectivity index (χ2v) is 10.1. The third-order valence-electron chi connectivity index (χ3n) is 6.00. The predicted molar refractivity (Wildman–Crippen MR) is 123 cm³/mol. The van der Waals surface area contributed by atoms with Gasteiger partial charge in [-0.3, -0.25) is 9.78 Å². The highest BCUT2D eigenvalue weighted by Gasteiger charge is 2.29. The molecule has 1 N–H and O–H groups in total. The molecule has 0 fully saturated rings. The van der Waals surface area contributed by atoms with Crippen molar-refractivity contribution in [2.45, 2.75) is 46.1 Å². The number of hydrogen-bond acceptors (Lipinski definition) is 5. The number of pyridine rings is 2. The lowest BCUT2D eigenvalue weighted by Gasteiger charge is -2.34. The first-order chi connectivity index (χ1) is 14.8. The van der Waals surface area contributed by atoms with Crippen LogP contribution in [0.3, 0.4) is 0 Å². The van der Waals surface area contributed by atoms with E-state index in [1.54, 1.807) is 12.3 Å². The van der Waals surface area contributed by atoms with Crippen LogP contribution in [0, 0.1) is 11.3 Å². The first-order valence-corrected chi connectivity index (χ1v) is 11.3. The van der Waals surface area contributed by atoms with Crippen LogP contribution in [0.15, 0.2) is 41.6 Å². The zero-order chi connectivity index (χ0) is 22.0. The largest absolute Gasteiger partial charge is 0.343 e. The van der Waals surface area contributed by atoms with Gasteiger partial charge in [0.2, 0.25) is 0 Å². The molecule has 160 valence electrons. The molecule has 0 aromatic carbocycles. The number of aromatic nitrogens is 2. The van der Waals surface area contributed by atoms with E-state index < -0.39 is 6.04 Å². The van der Waals surface area contributed by atoms with Gasteiger partial charge in [0.15, 0.2) is 0 Å². The summed E-state index contributed by atoms with van der Waals surface area (Å²) in [4.78, 5) is 26.5. The molecule has 1 amide bonds. The first kappa shape index (κ1) is 21.3. The van der Waals surface area contributed by atoms with Crippen LogP contribution in [-0.4, -0.2) is 22.4 Å². The summed E-state index contributed by atoms with van der Waals surface area (Å²) in [7, 11) is 0. The van der Waals surface area contributed by atoms with Crippen LogP contribution in [-0.2, 0) is 12.8 Å². The number of rotatable bonds is 5. The van der Waals surface area contributed by atoms with Gasteiger partial charge < -0.3 is 5.32 Å². The summed E-state index contributed by atoms with van der Waals surface area (Å²) in [5.74, 6) is 0.429. The van der Waals surface area contributed by atoms with Crippen molar-refractivity contribution in [1.29, 1.82) is 0 Å². The van der Waals surface area contributed by atoms with Crippen LogP contribution in [0.25, 0.3) is 20.7 Å². The monoisotopic (exact) mass is 434 g/mol. The van der Waals surface area contributed by atoms with E-state index in [0.29, 0.717) is 16.5 Å². The number of fused-ring (bicyclic) bond motifs is 2. The lowest BCUT2D eigenvalue weighted by Crippen LogP contribution is -2.30. The van der Waals surface area contributed by atoms with Crippen molar-refractivity contribution in [3.8, 4) is 0 Å². The molecule has 0 saturated heterocycles. The molecule has 3 heterocycles. The van der Waals surface area contributed by atoms with Gasteiger partial charge in [0.05, 0.1) is 23.2 Å². The number of amides is 1. The van der Waals surface area contributed by atoms with Gasteiger partial charge in [-0.25, -0.2) is 4.98 Å². The third-order valence-corrected chi connectivity index (χ3v) is 7.04. The number of carbonyl (C=O) groups excluding carboxylic acids is 1. The normalized spacial score (nSPS) is 16.9. The number of nitrogens with zero attached hydrogens (tertiary/aromatic N) is 5. The zero-order valence-corrected chi connectivity index (χ0v) is 18.8. The Morgan fingerprint density at radius 2 is 2.23 bits per heavy atom. The fourth-order valence-electron chi connectivity index (χ4n) is 4.12. The molecule has 0 saturated carbocycles. The predicted octanol–water partition coefficient (Wildman–Crippen LogP) is 5.62. The van der Waals surface area contributed by atoms with Crippen molar-refractivity contribution in [3.05, 3.63) is 68.8 Å². The quantitative estimate of drug-likeness (QED) is 0.320. The summed E-state index contributed by atoms with van der Waals surface area (Å²) >= 11 is 1.40. The number of aryl methyl sites for hydroxylation is 1. The fourth-order valence-corrected chi connectivity index (χ4v) is 5.05. The highest BCUT2D eigenvalue weighted by atomic mass is 32.1. The Kier molecular flexibility index (Phi) is 5.94. The molecule has 0 unspecified atom stereocenters. The summed E-state index contributed by atoms with van der Waals surface area (Å²) in [6.45, 7) is 7.01. The van der Waals surface area contributed by atoms with Crippen LogP contribution in [0.2, 0.25) is 0 Å². The van der Waals surface area contributed by atoms with Gasteiger partial charge in [-0.05, 0) is 66.0 Å². The van der Waals surface area contributed by atoms with E-state index in [1.807, 2.05) is 18.2 Å². The van der Waals surface area contributed by atoms with Crippen LogP contribution in [0.1, 0.15) is 59.9 Å². The average molecular weight is 435 g/mol. The van der Waals surface area contributed by atoms with Crippen molar-refractivity contribution in [2.75, 3.05) is 6.54 Å². The summed E-state index contributed by atoms with van der Waals surface area (Å²) in [5.41, 5.74) is 12.1. The minimum atomic E-state index is -0.483. The Bertz CT molecular complexity index is 1140. The minimum absolute atomic E-state index is 0.102. The summed E-state index contributed by atoms with van der Waals surface area (Å²) in [5, 5.41) is 7.60. The van der Waals surface area contributed by atoms with E-state index in [-0.39, 0.29) is 17.9 Å². The Morgan fingerprint density at radius 1 is 1.39 bits per heavy atom. The minimum Gasteiger partial charge on any atom is -0.343 e. The van der Waals surface area contributed by atoms with E-state index in [9.17, 15) is 4.79 Å². The SMILES string of the molecule is CC(C)(C)[C@@H]1CCc2nc3sc(C(=O)N[C@@H](CN=[N+]=[N-])c4ccccn4)cc3cc2C1. The molecule has 0 spiro atoms. The lowest BCUT2D eigenvalue weighted by molar-refractivity contribution is 0.0941. The molecule has 3 aromatic rings. The molecule has 1 aliphatic carbocycles. The van der Waals surface area contributed by atoms with Gasteiger partial charge in [-0.15, -0.1) is 11.3 Å². The number of hydrogen-bond donors (Lipinski definition) is 1. The highest BCUT2D eigenvalue weighted by molar-refractivity contribution is 7.20. The van der Waals surface area contributed by atoms with Crippen LogP contribution in [0.5, 0.6) is 0 Å². The summed E-state index contributed by atoms with van der Waals surface area (Å²) in [6.07, 6.45) is 4.83. The van der Waals surface area contributed by atoms with Crippen molar-refractivity contribution in [2.24, 2.45) is 16.4 Å². The van der Waals surface area contributed by atoms with Gasteiger partial charge in [0.1, 0.15) is 4.83 Å². The number of carbonyl (C=O) groups is 1. The second-order valence-electron chi connectivity index (χ2n) is 9.10. The second kappa shape index (κ2) is 8.65. The molecule has 0 bridgehead atoms. The summed E-state index contributed by atoms with van der Waals surface area (Å²) in [6, 6.07) is 9.09. The molecule has 4 rings (SSSR count). The molecule has 3 aromatic heterocycles. The molecule has 0 radical (unpaired) electrons. The molecule has 2 atom stereocenters. The Labute approximate surface area is 185 Å². The van der Waals surface area contributed by atoms with Crippen molar-refractivity contribution in [1.82, 2.24) is 15.3 Å². The zero-order valence-electron chi connectivity index (χ0n) is 18.0. The number of azide groups is 1. The Morgan fingerprint density at radius 3 is 2.94 bits per heavy atom. The Hall–Kier alpha value is -2.96. The molecule has 8 heteroatoms. The average Bonchev–Trinajstić information content (AvgIpc) is 3.17. The molecule has 1 aliphatic rings. The van der Waals surface area contributed by atoms with Gasteiger partial charge >= 0.3 is 0 Å². The van der Waals surface area contributed by atoms with Crippen molar-refractivity contribution >= 4 is 27.5 Å². The lowest BCUT2D eigenvalue weighted by atomic mass is 9.71. The number of nitrogens with one attached hydrogen (secondary N) is 1. The molecule has 0 aliphatic heterocycles. The van der Waals surface area contributed by atoms with Gasteiger partial charge in [-0.1, -0.05) is 32.0 Å². The smallest absolute Gasteiger partial charge is 0.261 e. The topological polar surface area (TPSA) is 104 Å². The van der Waals surface area contributed by atoms with Gasteiger partial charge in [0, 0.05) is 22.2 Å². The highest BCUT2D eigenvalue weighted by Crippen LogP contribution is 2.38. The van der Waals surface area contributed by atoms with Gasteiger partial charge in [0.25, 0.3) is 5.91 Å². The Balaban J connectivity index is 1.58. The number of thiophene rings is 1. The van der Waals surface area contributed by atoms with Crippen molar-refractivity contribution < 1.29 is 4.79 Å². The fraction of sp³-hybridized carbons (Fsp3) is 0.435. The van der Waals surface area contributed by atoms with E-state index >= 15 is 0 Å². The molecular formula is C23H26N6OS. The standard InChI is InChI=1S/C23H26N6OS/c1-23(2,3)16-7-8-17-14(11-16)10-15-12-20(31-22(15)28-17)21(30)27-19(13-26-29-24)18-6-4-5-9-25-18/h4-6,9-10,12,16,19H,7-8,11,13H2,1-3H3,(H,27,30)/t16-,19+/m1/s1. The van der Waals surface area contributed by atoms with E-state index in [1.165, 1.54) is 16.9 Å². The maximum absolute atomic E-state index is 13.0. The summed E-state index contributed by atoms with van der Waals surface area (Å²) < 4.78 is 0. The van der Waals surface area contributed by atoms with Gasteiger partial charge in [-0.2, -0.15) is 0 Å². The molecule has 7 nitrogen and oxygen atoms in total.